The maximum atomic E-state index is 11.0. The molecule has 0 saturated carbocycles. The van der Waals surface area contributed by atoms with Crippen LogP contribution in [0.1, 0.15) is 24.8 Å². The van der Waals surface area contributed by atoms with E-state index in [1.54, 1.807) is 7.11 Å². The van der Waals surface area contributed by atoms with Crippen LogP contribution in [-0.2, 0) is 11.3 Å². The fourth-order valence-corrected chi connectivity index (χ4v) is 4.25. The number of ether oxygens (including phenoxy) is 2. The van der Waals surface area contributed by atoms with E-state index in [4.69, 9.17) is 14.5 Å². The molecule has 2 aliphatic heterocycles. The molecule has 2 aliphatic rings. The highest BCUT2D eigenvalue weighted by molar-refractivity contribution is 5.77. The number of hydrogen-bond acceptors (Lipinski definition) is 8. The van der Waals surface area contributed by atoms with Crippen LogP contribution in [0.4, 0.5) is 11.5 Å². The number of pyridine rings is 1. The third kappa shape index (κ3) is 3.60. The minimum absolute atomic E-state index is 0.413. The van der Waals surface area contributed by atoms with Crippen molar-refractivity contribution in [2.45, 2.75) is 31.8 Å². The minimum atomic E-state index is -0.987. The van der Waals surface area contributed by atoms with Gasteiger partial charge in [0.05, 0.1) is 24.6 Å². The van der Waals surface area contributed by atoms with Crippen LogP contribution in [0.15, 0.2) is 42.9 Å². The number of aliphatic hydroxyl groups excluding tert-OH is 1. The van der Waals surface area contributed by atoms with Gasteiger partial charge in [0.15, 0.2) is 5.82 Å². The van der Waals surface area contributed by atoms with Gasteiger partial charge in [-0.25, -0.2) is 9.97 Å². The van der Waals surface area contributed by atoms with Crippen molar-refractivity contribution in [2.75, 3.05) is 37.2 Å². The van der Waals surface area contributed by atoms with E-state index in [2.05, 4.69) is 28.1 Å². The Labute approximate surface area is 180 Å². The highest BCUT2D eigenvalue weighted by Crippen LogP contribution is 2.39. The van der Waals surface area contributed by atoms with Crippen molar-refractivity contribution in [2.24, 2.45) is 0 Å². The molecule has 1 saturated heterocycles. The van der Waals surface area contributed by atoms with Crippen molar-refractivity contribution < 1.29 is 14.6 Å². The summed E-state index contributed by atoms with van der Waals surface area (Å²) in [5.41, 5.74) is 2.90. The SMILES string of the molecule is COc1ccc(CN2c3ncc(N(C)C4CCOCC4)cc3-c3ncnn3C2O)cc1. The lowest BCUT2D eigenvalue weighted by atomic mass is 10.1. The van der Waals surface area contributed by atoms with Crippen LogP contribution in [0.3, 0.4) is 0 Å². The van der Waals surface area contributed by atoms with Crippen LogP contribution in [0.5, 0.6) is 5.75 Å². The summed E-state index contributed by atoms with van der Waals surface area (Å²) in [6, 6.07) is 10.3. The average Bonchev–Trinajstić information content (AvgIpc) is 3.32. The number of fused-ring (bicyclic) bond motifs is 3. The molecule has 162 valence electrons. The van der Waals surface area contributed by atoms with Crippen LogP contribution < -0.4 is 14.5 Å². The lowest BCUT2D eigenvalue weighted by molar-refractivity contribution is 0.0822. The molecular formula is C22H26N6O3. The van der Waals surface area contributed by atoms with Gasteiger partial charge < -0.3 is 24.4 Å². The number of hydrogen-bond donors (Lipinski definition) is 1. The molecule has 0 amide bonds. The fourth-order valence-electron chi connectivity index (χ4n) is 4.25. The Bertz CT molecular complexity index is 1050. The summed E-state index contributed by atoms with van der Waals surface area (Å²) in [6.07, 6.45) is 4.33. The second-order valence-corrected chi connectivity index (χ2v) is 7.87. The number of anilines is 2. The molecule has 1 aromatic carbocycles. The Morgan fingerprint density at radius 1 is 1.19 bits per heavy atom. The van der Waals surface area contributed by atoms with Crippen LogP contribution in [0.25, 0.3) is 11.4 Å². The van der Waals surface area contributed by atoms with Gasteiger partial charge in [0.1, 0.15) is 17.9 Å². The van der Waals surface area contributed by atoms with Crippen molar-refractivity contribution in [1.29, 1.82) is 0 Å². The molecule has 1 unspecified atom stereocenters. The Kier molecular flexibility index (Phi) is 5.21. The first-order valence-electron chi connectivity index (χ1n) is 10.4. The Morgan fingerprint density at radius 2 is 1.97 bits per heavy atom. The predicted octanol–water partition coefficient (Wildman–Crippen LogP) is 2.43. The smallest absolute Gasteiger partial charge is 0.230 e. The molecular weight excluding hydrogens is 396 g/mol. The molecule has 2 aromatic heterocycles. The molecule has 0 bridgehead atoms. The topological polar surface area (TPSA) is 88.8 Å². The summed E-state index contributed by atoms with van der Waals surface area (Å²) in [4.78, 5) is 13.2. The Balaban J connectivity index is 1.49. The summed E-state index contributed by atoms with van der Waals surface area (Å²) in [5.74, 6) is 2.09. The number of nitrogens with zero attached hydrogens (tertiary/aromatic N) is 6. The summed E-state index contributed by atoms with van der Waals surface area (Å²) in [6.45, 7) is 2.03. The molecule has 1 fully saturated rings. The third-order valence-corrected chi connectivity index (χ3v) is 6.09. The maximum Gasteiger partial charge on any atom is 0.230 e. The summed E-state index contributed by atoms with van der Waals surface area (Å²) in [7, 11) is 3.74. The lowest BCUT2D eigenvalue weighted by Crippen LogP contribution is -2.38. The third-order valence-electron chi connectivity index (χ3n) is 6.09. The average molecular weight is 422 g/mol. The van der Waals surface area contributed by atoms with Crippen molar-refractivity contribution in [3.63, 3.8) is 0 Å². The van der Waals surface area contributed by atoms with Crippen molar-refractivity contribution in [3.05, 3.63) is 48.4 Å². The number of aromatic nitrogens is 4. The highest BCUT2D eigenvalue weighted by atomic mass is 16.5. The standard InChI is InChI=1S/C22H26N6O3/c1-26(16-7-9-31-10-8-16)17-11-19-20(23-12-17)27(22(29)28-21(19)24-14-25-28)13-15-3-5-18(30-2)6-4-15/h3-6,11-12,14,16,22,29H,7-10,13H2,1-2H3. The van der Waals surface area contributed by atoms with Crippen LogP contribution in [-0.4, -0.2) is 58.3 Å². The first-order chi connectivity index (χ1) is 15.2. The van der Waals surface area contributed by atoms with Gasteiger partial charge >= 0.3 is 0 Å². The highest BCUT2D eigenvalue weighted by Gasteiger charge is 2.33. The Morgan fingerprint density at radius 3 is 2.71 bits per heavy atom. The van der Waals surface area contributed by atoms with Crippen LogP contribution >= 0.6 is 0 Å². The number of aliphatic hydroxyl groups is 1. The minimum Gasteiger partial charge on any atom is -0.497 e. The molecule has 0 aliphatic carbocycles. The van der Waals surface area contributed by atoms with Crippen molar-refractivity contribution in [1.82, 2.24) is 19.7 Å². The van der Waals surface area contributed by atoms with E-state index in [1.807, 2.05) is 35.4 Å². The van der Waals surface area contributed by atoms with Gasteiger partial charge in [-0.3, -0.25) is 0 Å². The summed E-state index contributed by atoms with van der Waals surface area (Å²) >= 11 is 0. The van der Waals surface area contributed by atoms with E-state index in [-0.39, 0.29) is 0 Å². The number of benzene rings is 1. The van der Waals surface area contributed by atoms with E-state index in [0.29, 0.717) is 24.2 Å². The van der Waals surface area contributed by atoms with E-state index in [1.165, 1.54) is 11.0 Å². The van der Waals surface area contributed by atoms with Gasteiger partial charge in [-0.2, -0.15) is 9.78 Å². The van der Waals surface area contributed by atoms with Gasteiger partial charge in [0.2, 0.25) is 6.35 Å². The quantitative estimate of drug-likeness (QED) is 0.671. The molecule has 9 nitrogen and oxygen atoms in total. The molecule has 1 N–H and O–H groups in total. The van der Waals surface area contributed by atoms with Crippen molar-refractivity contribution in [3.8, 4) is 17.1 Å². The number of rotatable bonds is 5. The van der Waals surface area contributed by atoms with Gasteiger partial charge in [-0.1, -0.05) is 12.1 Å². The Hall–Kier alpha value is -3.17. The van der Waals surface area contributed by atoms with E-state index >= 15 is 0 Å². The van der Waals surface area contributed by atoms with Gasteiger partial charge in [-0.15, -0.1) is 0 Å². The fraction of sp³-hybridized carbons (Fsp3) is 0.409. The summed E-state index contributed by atoms with van der Waals surface area (Å²) < 4.78 is 12.3. The normalized spacial score (nSPS) is 18.4. The lowest BCUT2D eigenvalue weighted by Gasteiger charge is -2.36. The molecule has 5 rings (SSSR count). The van der Waals surface area contributed by atoms with E-state index in [0.717, 1.165) is 48.6 Å². The molecule has 31 heavy (non-hydrogen) atoms. The zero-order valence-corrected chi connectivity index (χ0v) is 17.7. The van der Waals surface area contributed by atoms with E-state index in [9.17, 15) is 5.11 Å². The second kappa shape index (κ2) is 8.16. The predicted molar refractivity (Wildman–Crippen MR) is 116 cm³/mol. The molecule has 3 aromatic rings. The maximum absolute atomic E-state index is 11.0. The van der Waals surface area contributed by atoms with Crippen LogP contribution in [0, 0.1) is 0 Å². The largest absolute Gasteiger partial charge is 0.497 e. The molecule has 0 spiro atoms. The second-order valence-electron chi connectivity index (χ2n) is 7.87. The molecule has 0 radical (unpaired) electrons. The zero-order valence-electron chi connectivity index (χ0n) is 17.7. The first kappa shape index (κ1) is 19.8. The molecule has 4 heterocycles. The molecule has 9 heteroatoms. The van der Waals surface area contributed by atoms with E-state index < -0.39 is 6.35 Å². The zero-order chi connectivity index (χ0) is 21.4. The monoisotopic (exact) mass is 422 g/mol. The van der Waals surface area contributed by atoms with Gasteiger partial charge in [0.25, 0.3) is 0 Å². The van der Waals surface area contributed by atoms with Gasteiger partial charge in [-0.05, 0) is 36.6 Å². The first-order valence-corrected chi connectivity index (χ1v) is 10.4. The van der Waals surface area contributed by atoms with Crippen molar-refractivity contribution >= 4 is 11.5 Å². The number of methoxy groups -OCH3 is 1. The molecule has 1 atom stereocenters. The van der Waals surface area contributed by atoms with Gasteiger partial charge in [0, 0.05) is 32.8 Å². The summed E-state index contributed by atoms with van der Waals surface area (Å²) in [5, 5.41) is 15.3. The van der Waals surface area contributed by atoms with Crippen LogP contribution in [0.2, 0.25) is 0 Å².